The Kier molecular flexibility index (Phi) is 3.55. The summed E-state index contributed by atoms with van der Waals surface area (Å²) in [6.07, 6.45) is 1.47. The number of halogens is 1. The summed E-state index contributed by atoms with van der Waals surface area (Å²) in [4.78, 5) is 16.9. The van der Waals surface area contributed by atoms with Gasteiger partial charge in [0.2, 0.25) is 0 Å². The van der Waals surface area contributed by atoms with Gasteiger partial charge in [-0.1, -0.05) is 34.1 Å². The first-order chi connectivity index (χ1) is 10.2. The van der Waals surface area contributed by atoms with Crippen LogP contribution in [0.25, 0.3) is 16.6 Å². The average Bonchev–Trinajstić information content (AvgIpc) is 2.55. The lowest BCUT2D eigenvalue weighted by Gasteiger charge is -2.08. The van der Waals surface area contributed by atoms with Crippen LogP contribution < -0.4 is 5.56 Å². The number of para-hydroxylation sites is 1. The molecule has 4 nitrogen and oxygen atoms in total. The fraction of sp³-hybridized carbons (Fsp3) is 0.0625. The van der Waals surface area contributed by atoms with Gasteiger partial charge in [-0.3, -0.25) is 9.36 Å². The van der Waals surface area contributed by atoms with Gasteiger partial charge in [-0.2, -0.15) is 5.26 Å². The maximum atomic E-state index is 12.6. The van der Waals surface area contributed by atoms with E-state index in [9.17, 15) is 4.79 Å². The zero-order valence-electron chi connectivity index (χ0n) is 11.0. The normalized spacial score (nSPS) is 10.5. The van der Waals surface area contributed by atoms with Gasteiger partial charge in [0.15, 0.2) is 0 Å². The lowest BCUT2D eigenvalue weighted by molar-refractivity contribution is 0.958. The Balaban J connectivity index is 2.29. The molecule has 0 atom stereocenters. The molecule has 0 aliphatic rings. The van der Waals surface area contributed by atoms with Gasteiger partial charge in [-0.05, 0) is 29.8 Å². The highest BCUT2D eigenvalue weighted by Crippen LogP contribution is 2.15. The molecule has 0 amide bonds. The van der Waals surface area contributed by atoms with Crippen molar-refractivity contribution in [2.75, 3.05) is 0 Å². The minimum absolute atomic E-state index is 0.177. The third kappa shape index (κ3) is 2.34. The summed E-state index contributed by atoms with van der Waals surface area (Å²) in [7, 11) is 0. The van der Waals surface area contributed by atoms with Gasteiger partial charge in [-0.15, -0.1) is 0 Å². The van der Waals surface area contributed by atoms with Crippen molar-refractivity contribution in [2.24, 2.45) is 0 Å². The molecule has 1 aromatic heterocycles. The van der Waals surface area contributed by atoms with Crippen LogP contribution in [0.1, 0.15) is 11.1 Å². The van der Waals surface area contributed by atoms with Crippen LogP contribution in [-0.4, -0.2) is 9.55 Å². The second-order valence-corrected chi connectivity index (χ2v) is 5.09. The van der Waals surface area contributed by atoms with Crippen LogP contribution in [0.5, 0.6) is 0 Å². The van der Waals surface area contributed by atoms with E-state index in [-0.39, 0.29) is 5.56 Å². The molecule has 0 spiro atoms. The van der Waals surface area contributed by atoms with Gasteiger partial charge in [0.25, 0.3) is 5.56 Å². The van der Waals surface area contributed by atoms with Crippen molar-refractivity contribution < 1.29 is 0 Å². The summed E-state index contributed by atoms with van der Waals surface area (Å²) in [6, 6.07) is 14.6. The van der Waals surface area contributed by atoms with Crippen LogP contribution in [-0.2, 0) is 5.33 Å². The quantitative estimate of drug-likeness (QED) is 0.674. The van der Waals surface area contributed by atoms with Crippen molar-refractivity contribution in [3.05, 3.63) is 70.3 Å². The van der Waals surface area contributed by atoms with E-state index in [1.165, 1.54) is 10.9 Å². The Labute approximate surface area is 129 Å². The summed E-state index contributed by atoms with van der Waals surface area (Å²) in [5, 5.41) is 10.4. The number of alkyl halides is 1. The zero-order valence-corrected chi connectivity index (χ0v) is 12.5. The monoisotopic (exact) mass is 339 g/mol. The van der Waals surface area contributed by atoms with E-state index in [0.717, 1.165) is 5.56 Å². The van der Waals surface area contributed by atoms with Crippen molar-refractivity contribution in [1.29, 1.82) is 5.26 Å². The number of nitriles is 1. The molecule has 21 heavy (non-hydrogen) atoms. The molecule has 0 unspecified atom stereocenters. The summed E-state index contributed by atoms with van der Waals surface area (Å²) >= 11 is 3.38. The van der Waals surface area contributed by atoms with E-state index in [0.29, 0.717) is 27.5 Å². The number of nitrogens with zero attached hydrogens (tertiary/aromatic N) is 3. The van der Waals surface area contributed by atoms with Crippen LogP contribution in [0.4, 0.5) is 0 Å². The first-order valence-corrected chi connectivity index (χ1v) is 7.42. The second kappa shape index (κ2) is 5.51. The topological polar surface area (TPSA) is 58.7 Å². The molecule has 0 bridgehead atoms. The Morgan fingerprint density at radius 1 is 1.24 bits per heavy atom. The molecule has 2 aromatic carbocycles. The van der Waals surface area contributed by atoms with Crippen LogP contribution in [0.15, 0.2) is 53.6 Å². The number of benzene rings is 2. The standard InChI is InChI=1S/C16H10BrN3O/c17-8-11-5-6-13-14(7-11)19-10-20(16(13)21)15-4-2-1-3-12(15)9-18/h1-7,10H,8H2. The molecule has 3 aromatic rings. The van der Waals surface area contributed by atoms with E-state index >= 15 is 0 Å². The predicted octanol–water partition coefficient (Wildman–Crippen LogP) is 3.15. The lowest BCUT2D eigenvalue weighted by atomic mass is 10.1. The van der Waals surface area contributed by atoms with E-state index in [4.69, 9.17) is 5.26 Å². The maximum Gasteiger partial charge on any atom is 0.265 e. The highest BCUT2D eigenvalue weighted by molar-refractivity contribution is 9.08. The third-order valence-corrected chi connectivity index (χ3v) is 3.91. The number of fused-ring (bicyclic) bond motifs is 1. The van der Waals surface area contributed by atoms with Crippen molar-refractivity contribution in [2.45, 2.75) is 5.33 Å². The van der Waals surface area contributed by atoms with Crippen LogP contribution in [0, 0.1) is 11.3 Å². The van der Waals surface area contributed by atoms with Gasteiger partial charge in [0.1, 0.15) is 12.4 Å². The average molecular weight is 340 g/mol. The summed E-state index contributed by atoms with van der Waals surface area (Å²) < 4.78 is 1.41. The molecule has 0 saturated heterocycles. The Morgan fingerprint density at radius 3 is 2.81 bits per heavy atom. The summed E-state index contributed by atoms with van der Waals surface area (Å²) in [5.74, 6) is 0. The fourth-order valence-electron chi connectivity index (χ4n) is 2.20. The molecule has 1 heterocycles. The molecule has 3 rings (SSSR count). The van der Waals surface area contributed by atoms with E-state index in [1.807, 2.05) is 12.1 Å². The van der Waals surface area contributed by atoms with Crippen molar-refractivity contribution in [3.63, 3.8) is 0 Å². The lowest BCUT2D eigenvalue weighted by Crippen LogP contribution is -2.19. The van der Waals surface area contributed by atoms with E-state index in [1.54, 1.807) is 30.3 Å². The Morgan fingerprint density at radius 2 is 2.05 bits per heavy atom. The molecule has 0 aliphatic carbocycles. The molecular weight excluding hydrogens is 330 g/mol. The number of rotatable bonds is 2. The van der Waals surface area contributed by atoms with Crippen LogP contribution in [0.3, 0.4) is 0 Å². The number of hydrogen-bond donors (Lipinski definition) is 0. The summed E-state index contributed by atoms with van der Waals surface area (Å²) in [6.45, 7) is 0. The first-order valence-electron chi connectivity index (χ1n) is 6.30. The van der Waals surface area contributed by atoms with E-state index < -0.39 is 0 Å². The fourth-order valence-corrected chi connectivity index (χ4v) is 2.55. The largest absolute Gasteiger partial charge is 0.268 e. The van der Waals surface area contributed by atoms with E-state index in [2.05, 4.69) is 27.0 Å². The maximum absolute atomic E-state index is 12.6. The zero-order chi connectivity index (χ0) is 14.8. The SMILES string of the molecule is N#Cc1ccccc1-n1cnc2cc(CBr)ccc2c1=O. The molecule has 0 N–H and O–H groups in total. The van der Waals surface area contributed by atoms with Crippen molar-refractivity contribution in [3.8, 4) is 11.8 Å². The molecule has 0 aliphatic heterocycles. The minimum atomic E-state index is -0.177. The van der Waals surface area contributed by atoms with Gasteiger partial charge in [0.05, 0.1) is 22.2 Å². The number of hydrogen-bond acceptors (Lipinski definition) is 3. The third-order valence-electron chi connectivity index (χ3n) is 3.26. The first kappa shape index (κ1) is 13.5. The second-order valence-electron chi connectivity index (χ2n) is 4.53. The highest BCUT2D eigenvalue weighted by Gasteiger charge is 2.09. The highest BCUT2D eigenvalue weighted by atomic mass is 79.9. The molecule has 102 valence electrons. The van der Waals surface area contributed by atoms with Gasteiger partial charge >= 0.3 is 0 Å². The van der Waals surface area contributed by atoms with Crippen LogP contribution in [0.2, 0.25) is 0 Å². The minimum Gasteiger partial charge on any atom is -0.268 e. The van der Waals surface area contributed by atoms with Crippen molar-refractivity contribution >= 4 is 26.8 Å². The van der Waals surface area contributed by atoms with Gasteiger partial charge < -0.3 is 0 Å². The van der Waals surface area contributed by atoms with Gasteiger partial charge in [0, 0.05) is 5.33 Å². The van der Waals surface area contributed by atoms with Crippen molar-refractivity contribution in [1.82, 2.24) is 9.55 Å². The smallest absolute Gasteiger partial charge is 0.265 e. The molecule has 0 radical (unpaired) electrons. The molecule has 0 saturated carbocycles. The van der Waals surface area contributed by atoms with Gasteiger partial charge in [-0.25, -0.2) is 4.98 Å². The van der Waals surface area contributed by atoms with Crippen LogP contribution >= 0.6 is 15.9 Å². The molecule has 0 fully saturated rings. The predicted molar refractivity (Wildman–Crippen MR) is 84.7 cm³/mol. The Bertz CT molecular complexity index is 925. The number of aromatic nitrogens is 2. The Hall–Kier alpha value is -2.45. The molecule has 5 heteroatoms. The molecular formula is C16H10BrN3O. The summed E-state index contributed by atoms with van der Waals surface area (Å²) in [5.41, 5.74) is 2.53.